The zero-order valence-corrected chi connectivity index (χ0v) is 18.5. The molecule has 2 N–H and O–H groups in total. The summed E-state index contributed by atoms with van der Waals surface area (Å²) in [5.74, 6) is 0.773. The quantitative estimate of drug-likeness (QED) is 0.421. The van der Waals surface area contributed by atoms with Gasteiger partial charge in [0, 0.05) is 18.7 Å². The molecular weight excluding hydrogens is 425 g/mol. The zero-order chi connectivity index (χ0) is 22.5. The number of benzene rings is 1. The number of carbonyl (C=O) groups is 2. The summed E-state index contributed by atoms with van der Waals surface area (Å²) in [6, 6.07) is 4.88. The molecule has 0 unspecified atom stereocenters. The van der Waals surface area contributed by atoms with Crippen LogP contribution in [0, 0.1) is 0 Å². The Hall–Kier alpha value is -2.66. The zero-order valence-electron chi connectivity index (χ0n) is 17.7. The van der Waals surface area contributed by atoms with Crippen LogP contribution in [0.3, 0.4) is 0 Å². The molecule has 0 radical (unpaired) electrons. The maximum Gasteiger partial charge on any atom is 0.273 e. The van der Waals surface area contributed by atoms with Gasteiger partial charge in [-0.15, -0.1) is 5.10 Å². The summed E-state index contributed by atoms with van der Waals surface area (Å²) in [5, 5.41) is 13.5. The molecule has 0 aliphatic rings. The third-order valence-electron chi connectivity index (χ3n) is 4.05. The first-order chi connectivity index (χ1) is 15.1. The van der Waals surface area contributed by atoms with Gasteiger partial charge in [-0.3, -0.25) is 9.59 Å². The number of ether oxygens (including phenoxy) is 2. The van der Waals surface area contributed by atoms with E-state index in [1.807, 2.05) is 13.2 Å². The van der Waals surface area contributed by atoms with Crippen LogP contribution in [0.4, 0.5) is 4.39 Å². The van der Waals surface area contributed by atoms with Crippen molar-refractivity contribution in [3.05, 3.63) is 35.7 Å². The van der Waals surface area contributed by atoms with Crippen molar-refractivity contribution in [2.24, 2.45) is 0 Å². The van der Waals surface area contributed by atoms with Crippen LogP contribution >= 0.6 is 11.8 Å². The number of amides is 2. The van der Waals surface area contributed by atoms with Crippen molar-refractivity contribution in [3.63, 3.8) is 0 Å². The predicted molar refractivity (Wildman–Crippen MR) is 117 cm³/mol. The molecule has 2 aromatic rings. The second-order valence-electron chi connectivity index (χ2n) is 6.34. The van der Waals surface area contributed by atoms with Gasteiger partial charge in [-0.25, -0.2) is 9.07 Å². The fraction of sp³-hybridized carbons (Fsp3) is 0.500. The lowest BCUT2D eigenvalue weighted by Crippen LogP contribution is -2.25. The van der Waals surface area contributed by atoms with Crippen molar-refractivity contribution in [1.29, 1.82) is 0 Å². The minimum Gasteiger partial charge on any atom is -0.489 e. The van der Waals surface area contributed by atoms with Crippen molar-refractivity contribution >= 4 is 23.6 Å². The fourth-order valence-electron chi connectivity index (χ4n) is 2.58. The number of thioether (sulfide) groups is 1. The van der Waals surface area contributed by atoms with Crippen molar-refractivity contribution in [2.75, 3.05) is 51.6 Å². The number of carbonyl (C=O) groups excluding carboxylic acids is 2. The Labute approximate surface area is 185 Å². The van der Waals surface area contributed by atoms with Gasteiger partial charge >= 0.3 is 0 Å². The summed E-state index contributed by atoms with van der Waals surface area (Å²) >= 11 is 1.72. The lowest BCUT2D eigenvalue weighted by atomic mass is 10.1. The van der Waals surface area contributed by atoms with Crippen molar-refractivity contribution in [3.8, 4) is 11.4 Å². The lowest BCUT2D eigenvalue weighted by Gasteiger charge is -2.13. The van der Waals surface area contributed by atoms with Crippen LogP contribution in [-0.2, 0) is 4.74 Å². The standard InChI is InChI=1S/C20H28FN5O4S/c1-3-22-19(27)15-5-6-17(18(13-15)30-11-10-29-9-7-21)26-14-16(24-25-26)20(28)23-8-4-12-31-2/h5-6,13-14H,3-4,7-12H2,1-2H3,(H,22,27)(H,23,28). The van der Waals surface area contributed by atoms with E-state index >= 15 is 0 Å². The Kier molecular flexibility index (Phi) is 10.8. The molecule has 2 amide bonds. The lowest BCUT2D eigenvalue weighted by molar-refractivity contribution is 0.0894. The highest BCUT2D eigenvalue weighted by atomic mass is 32.2. The summed E-state index contributed by atoms with van der Waals surface area (Å²) < 4.78 is 24.4. The van der Waals surface area contributed by atoms with E-state index in [2.05, 4.69) is 20.9 Å². The van der Waals surface area contributed by atoms with Gasteiger partial charge in [0.05, 0.1) is 19.4 Å². The number of hydrogen-bond acceptors (Lipinski definition) is 7. The molecule has 31 heavy (non-hydrogen) atoms. The molecule has 2 rings (SSSR count). The molecule has 9 nitrogen and oxygen atoms in total. The van der Waals surface area contributed by atoms with Gasteiger partial charge in [0.2, 0.25) is 0 Å². The van der Waals surface area contributed by atoms with Crippen molar-refractivity contribution < 1.29 is 23.5 Å². The number of rotatable bonds is 14. The highest BCUT2D eigenvalue weighted by Gasteiger charge is 2.16. The highest BCUT2D eigenvalue weighted by Crippen LogP contribution is 2.24. The maximum absolute atomic E-state index is 12.3. The first-order valence-corrected chi connectivity index (χ1v) is 11.4. The van der Waals surface area contributed by atoms with E-state index in [9.17, 15) is 14.0 Å². The first kappa shape index (κ1) is 24.6. The van der Waals surface area contributed by atoms with Gasteiger partial charge in [-0.2, -0.15) is 11.8 Å². The molecule has 0 aliphatic carbocycles. The molecule has 0 atom stereocenters. The molecule has 0 spiro atoms. The van der Waals surface area contributed by atoms with Crippen LogP contribution in [0.25, 0.3) is 5.69 Å². The number of nitrogens with zero attached hydrogens (tertiary/aromatic N) is 3. The van der Waals surface area contributed by atoms with Crippen LogP contribution in [0.5, 0.6) is 5.75 Å². The Morgan fingerprint density at radius 2 is 2.03 bits per heavy atom. The minimum absolute atomic E-state index is 0.00630. The highest BCUT2D eigenvalue weighted by molar-refractivity contribution is 7.98. The maximum atomic E-state index is 12.3. The van der Waals surface area contributed by atoms with Gasteiger partial charge in [0.15, 0.2) is 5.69 Å². The van der Waals surface area contributed by atoms with Gasteiger partial charge < -0.3 is 20.1 Å². The van der Waals surface area contributed by atoms with Crippen LogP contribution in [0.1, 0.15) is 34.2 Å². The average Bonchev–Trinajstić information content (AvgIpc) is 3.26. The molecule has 0 bridgehead atoms. The Morgan fingerprint density at radius 1 is 1.19 bits per heavy atom. The van der Waals surface area contributed by atoms with E-state index in [1.54, 1.807) is 30.0 Å². The summed E-state index contributed by atoms with van der Waals surface area (Å²) in [5.41, 5.74) is 1.10. The monoisotopic (exact) mass is 453 g/mol. The van der Waals surface area contributed by atoms with Crippen molar-refractivity contribution in [2.45, 2.75) is 13.3 Å². The average molecular weight is 454 g/mol. The van der Waals surface area contributed by atoms with Gasteiger partial charge in [0.1, 0.15) is 24.7 Å². The van der Waals surface area contributed by atoms with Crippen LogP contribution < -0.4 is 15.4 Å². The van der Waals surface area contributed by atoms with E-state index in [0.717, 1.165) is 12.2 Å². The third-order valence-corrected chi connectivity index (χ3v) is 4.75. The summed E-state index contributed by atoms with van der Waals surface area (Å²) in [4.78, 5) is 24.4. The molecule has 170 valence electrons. The van der Waals surface area contributed by atoms with Crippen molar-refractivity contribution in [1.82, 2.24) is 25.6 Å². The van der Waals surface area contributed by atoms with Crippen LogP contribution in [0.2, 0.25) is 0 Å². The molecule has 0 saturated carbocycles. The third kappa shape index (κ3) is 7.83. The molecule has 0 fully saturated rings. The fourth-order valence-corrected chi connectivity index (χ4v) is 3.02. The molecule has 1 aromatic carbocycles. The van der Waals surface area contributed by atoms with E-state index < -0.39 is 6.67 Å². The molecule has 11 heteroatoms. The number of nitrogens with one attached hydrogen (secondary N) is 2. The van der Waals surface area contributed by atoms with Crippen LogP contribution in [0.15, 0.2) is 24.4 Å². The van der Waals surface area contributed by atoms with E-state index in [4.69, 9.17) is 9.47 Å². The summed E-state index contributed by atoms with van der Waals surface area (Å²) in [6.45, 7) is 2.65. The minimum atomic E-state index is -0.570. The normalized spacial score (nSPS) is 10.7. The van der Waals surface area contributed by atoms with E-state index in [-0.39, 0.29) is 37.3 Å². The molecule has 1 heterocycles. The smallest absolute Gasteiger partial charge is 0.273 e. The Balaban J connectivity index is 2.16. The summed E-state index contributed by atoms with van der Waals surface area (Å²) in [6.07, 6.45) is 4.37. The number of hydrogen-bond donors (Lipinski definition) is 2. The second kappa shape index (κ2) is 13.6. The van der Waals surface area contributed by atoms with Gasteiger partial charge in [0.25, 0.3) is 11.8 Å². The summed E-state index contributed by atoms with van der Waals surface area (Å²) in [7, 11) is 0. The first-order valence-electron chi connectivity index (χ1n) is 9.99. The van der Waals surface area contributed by atoms with Crippen LogP contribution in [-0.4, -0.2) is 78.4 Å². The molecule has 0 aliphatic heterocycles. The van der Waals surface area contributed by atoms with E-state index in [1.165, 1.54) is 10.9 Å². The number of alkyl halides is 1. The Bertz CT molecular complexity index is 849. The molecule has 0 saturated heterocycles. The molecule has 1 aromatic heterocycles. The largest absolute Gasteiger partial charge is 0.489 e. The SMILES string of the molecule is CCNC(=O)c1ccc(-n2cc(C(=O)NCCCSC)nn2)c(OCCOCCF)c1. The predicted octanol–water partition coefficient (Wildman–Crippen LogP) is 1.86. The number of halogens is 1. The number of aromatic nitrogens is 3. The van der Waals surface area contributed by atoms with E-state index in [0.29, 0.717) is 30.1 Å². The Morgan fingerprint density at radius 3 is 2.77 bits per heavy atom. The molecular formula is C20H28FN5O4S. The second-order valence-corrected chi connectivity index (χ2v) is 7.33. The van der Waals surface area contributed by atoms with Gasteiger partial charge in [-0.1, -0.05) is 5.21 Å². The van der Waals surface area contributed by atoms with Gasteiger partial charge in [-0.05, 0) is 43.6 Å². The topological polar surface area (TPSA) is 107 Å².